The van der Waals surface area contributed by atoms with Crippen LogP contribution in [-0.2, 0) is 6.54 Å². The maximum absolute atomic E-state index is 12.3. The Kier molecular flexibility index (Phi) is 5.11. The Morgan fingerprint density at radius 1 is 1.03 bits per heavy atom. The highest BCUT2D eigenvalue weighted by molar-refractivity contribution is 7.15. The summed E-state index contributed by atoms with van der Waals surface area (Å²) in [5.41, 5.74) is 1.85. The van der Waals surface area contributed by atoms with Gasteiger partial charge in [0.1, 0.15) is 5.01 Å². The summed E-state index contributed by atoms with van der Waals surface area (Å²) >= 11 is 1.75. The van der Waals surface area contributed by atoms with Gasteiger partial charge in [0.05, 0.1) is 12.2 Å². The molecule has 0 radical (unpaired) electrons. The van der Waals surface area contributed by atoms with Crippen LogP contribution in [0.2, 0.25) is 0 Å². The molecule has 1 aliphatic heterocycles. The van der Waals surface area contributed by atoms with Gasteiger partial charge in [0.15, 0.2) is 5.82 Å². The molecule has 9 nitrogen and oxygen atoms in total. The topological polar surface area (TPSA) is 85.0 Å². The number of anilines is 1. The molecule has 0 spiro atoms. The van der Waals surface area contributed by atoms with Gasteiger partial charge in [0, 0.05) is 50.4 Å². The van der Waals surface area contributed by atoms with Crippen molar-refractivity contribution in [1.82, 2.24) is 34.7 Å². The van der Waals surface area contributed by atoms with Crippen molar-refractivity contribution in [1.29, 1.82) is 0 Å². The molecule has 0 atom stereocenters. The summed E-state index contributed by atoms with van der Waals surface area (Å²) in [6.07, 6.45) is 2.52. The summed E-state index contributed by atoms with van der Waals surface area (Å²) in [6.45, 7) is 9.08. The smallest absolute Gasteiger partial charge is 0.266 e. The van der Waals surface area contributed by atoms with Crippen LogP contribution in [0.15, 0.2) is 23.0 Å². The highest BCUT2D eigenvalue weighted by Gasteiger charge is 2.29. The molecule has 3 aromatic rings. The maximum Gasteiger partial charge on any atom is 0.266 e. The molecule has 0 N–H and O–H groups in total. The molecule has 1 aliphatic carbocycles. The molecule has 2 fully saturated rings. The van der Waals surface area contributed by atoms with Crippen LogP contribution < -0.4 is 10.5 Å². The lowest BCUT2D eigenvalue weighted by Gasteiger charge is -2.34. The summed E-state index contributed by atoms with van der Waals surface area (Å²) < 4.78 is 3.33. The van der Waals surface area contributed by atoms with Gasteiger partial charge < -0.3 is 4.90 Å². The van der Waals surface area contributed by atoms with Gasteiger partial charge in [-0.05, 0) is 38.8 Å². The van der Waals surface area contributed by atoms with Gasteiger partial charge in [0.25, 0.3) is 5.56 Å². The van der Waals surface area contributed by atoms with E-state index in [1.165, 1.54) is 17.8 Å². The largest absolute Gasteiger partial charge is 0.344 e. The van der Waals surface area contributed by atoms with Crippen molar-refractivity contribution in [3.63, 3.8) is 0 Å². The Labute approximate surface area is 179 Å². The lowest BCUT2D eigenvalue weighted by Crippen LogP contribution is -2.47. The molecular formula is C20H26N8OS. The molecule has 4 heterocycles. The van der Waals surface area contributed by atoms with Gasteiger partial charge in [-0.3, -0.25) is 9.69 Å². The first kappa shape index (κ1) is 19.4. The van der Waals surface area contributed by atoms with Crippen molar-refractivity contribution in [2.75, 3.05) is 37.6 Å². The van der Waals surface area contributed by atoms with E-state index in [2.05, 4.69) is 30.2 Å². The van der Waals surface area contributed by atoms with Crippen molar-refractivity contribution < 1.29 is 0 Å². The van der Waals surface area contributed by atoms with E-state index in [1.807, 2.05) is 19.9 Å². The van der Waals surface area contributed by atoms with Gasteiger partial charge in [-0.25, -0.2) is 9.36 Å². The van der Waals surface area contributed by atoms with Crippen LogP contribution in [0.5, 0.6) is 0 Å². The number of hydrogen-bond donors (Lipinski definition) is 0. The highest BCUT2D eigenvalue weighted by Crippen LogP contribution is 2.42. The molecule has 1 saturated heterocycles. The molecule has 5 rings (SSSR count). The number of piperazine rings is 1. The quantitative estimate of drug-likeness (QED) is 0.592. The summed E-state index contributed by atoms with van der Waals surface area (Å²) in [4.78, 5) is 17.0. The molecule has 30 heavy (non-hydrogen) atoms. The molecule has 158 valence electrons. The van der Waals surface area contributed by atoms with E-state index in [0.29, 0.717) is 18.3 Å². The van der Waals surface area contributed by atoms with Gasteiger partial charge in [-0.15, -0.1) is 15.3 Å². The Bertz CT molecular complexity index is 1090. The highest BCUT2D eigenvalue weighted by atomic mass is 32.1. The van der Waals surface area contributed by atoms with Crippen LogP contribution in [0.4, 0.5) is 5.13 Å². The summed E-state index contributed by atoms with van der Waals surface area (Å²) in [5.74, 6) is 1.33. The molecule has 10 heteroatoms. The fourth-order valence-electron chi connectivity index (χ4n) is 3.82. The van der Waals surface area contributed by atoms with Gasteiger partial charge >= 0.3 is 0 Å². The number of aryl methyl sites for hydroxylation is 2. The summed E-state index contributed by atoms with van der Waals surface area (Å²) in [6, 6.07) is 5.31. The van der Waals surface area contributed by atoms with Crippen molar-refractivity contribution in [2.24, 2.45) is 0 Å². The minimum atomic E-state index is -0.0830. The average Bonchev–Trinajstić information content (AvgIpc) is 3.38. The standard InChI is InChI=1S/C20H26N8OS/c1-14-13-15(2)28(23-14)17-5-6-18(29)27(24-17)12-9-25-7-10-26(11-8-25)20-22-21-19(30-20)16-3-4-16/h5-6,13,16H,3-4,7-12H2,1-2H3. The lowest BCUT2D eigenvalue weighted by molar-refractivity contribution is 0.242. The fourth-order valence-corrected chi connectivity index (χ4v) is 4.88. The number of rotatable bonds is 6. The predicted molar refractivity (Wildman–Crippen MR) is 116 cm³/mol. The Morgan fingerprint density at radius 3 is 2.53 bits per heavy atom. The lowest BCUT2D eigenvalue weighted by atomic mass is 10.3. The van der Waals surface area contributed by atoms with E-state index in [0.717, 1.165) is 49.2 Å². The van der Waals surface area contributed by atoms with Crippen molar-refractivity contribution in [2.45, 2.75) is 39.2 Å². The first-order valence-electron chi connectivity index (χ1n) is 10.5. The normalized spacial score (nSPS) is 17.6. The zero-order chi connectivity index (χ0) is 20.7. The molecule has 0 unspecified atom stereocenters. The van der Waals surface area contributed by atoms with E-state index in [4.69, 9.17) is 0 Å². The maximum atomic E-state index is 12.3. The molecule has 3 aromatic heterocycles. The van der Waals surface area contributed by atoms with E-state index in [1.54, 1.807) is 32.8 Å². The van der Waals surface area contributed by atoms with Crippen molar-refractivity contribution in [3.05, 3.63) is 44.9 Å². The third kappa shape index (κ3) is 4.01. The van der Waals surface area contributed by atoms with Crippen LogP contribution in [0.1, 0.15) is 35.2 Å². The van der Waals surface area contributed by atoms with E-state index in [-0.39, 0.29) is 5.56 Å². The first-order chi connectivity index (χ1) is 14.6. The monoisotopic (exact) mass is 426 g/mol. The Balaban J connectivity index is 1.19. The zero-order valence-corrected chi connectivity index (χ0v) is 18.2. The number of hydrogen-bond acceptors (Lipinski definition) is 8. The van der Waals surface area contributed by atoms with Crippen LogP contribution in [-0.4, -0.2) is 67.4 Å². The van der Waals surface area contributed by atoms with Gasteiger partial charge in [-0.2, -0.15) is 5.10 Å². The summed E-state index contributed by atoms with van der Waals surface area (Å²) in [5, 5.41) is 20.0. The SMILES string of the molecule is Cc1cc(C)n(-c2ccc(=O)n(CCN3CCN(c4nnc(C5CC5)s4)CC3)n2)n1. The van der Waals surface area contributed by atoms with E-state index >= 15 is 0 Å². The fraction of sp³-hybridized carbons (Fsp3) is 0.550. The minimum absolute atomic E-state index is 0.0830. The third-order valence-electron chi connectivity index (χ3n) is 5.71. The van der Waals surface area contributed by atoms with Gasteiger partial charge in [0.2, 0.25) is 5.13 Å². The molecule has 0 amide bonds. The van der Waals surface area contributed by atoms with Crippen LogP contribution in [0.3, 0.4) is 0 Å². The minimum Gasteiger partial charge on any atom is -0.344 e. The third-order valence-corrected chi connectivity index (χ3v) is 6.85. The first-order valence-corrected chi connectivity index (χ1v) is 11.3. The Morgan fingerprint density at radius 2 is 1.83 bits per heavy atom. The average molecular weight is 427 g/mol. The zero-order valence-electron chi connectivity index (χ0n) is 17.4. The van der Waals surface area contributed by atoms with E-state index < -0.39 is 0 Å². The summed E-state index contributed by atoms with van der Waals surface area (Å²) in [7, 11) is 0. The molecule has 2 aliphatic rings. The van der Waals surface area contributed by atoms with Crippen LogP contribution >= 0.6 is 11.3 Å². The second-order valence-corrected chi connectivity index (χ2v) is 9.11. The van der Waals surface area contributed by atoms with E-state index in [9.17, 15) is 4.79 Å². The van der Waals surface area contributed by atoms with Crippen molar-refractivity contribution >= 4 is 16.5 Å². The van der Waals surface area contributed by atoms with Gasteiger partial charge in [-0.1, -0.05) is 11.3 Å². The number of aromatic nitrogens is 6. The second-order valence-electron chi connectivity index (χ2n) is 8.12. The van der Waals surface area contributed by atoms with Crippen LogP contribution in [0, 0.1) is 13.8 Å². The van der Waals surface area contributed by atoms with Crippen LogP contribution in [0.25, 0.3) is 5.82 Å². The molecule has 0 bridgehead atoms. The van der Waals surface area contributed by atoms with Crippen molar-refractivity contribution in [3.8, 4) is 5.82 Å². The molecule has 0 aromatic carbocycles. The molecular weight excluding hydrogens is 400 g/mol. The number of nitrogens with zero attached hydrogens (tertiary/aromatic N) is 8. The predicted octanol–water partition coefficient (Wildman–Crippen LogP) is 1.60. The Hall–Kier alpha value is -2.59. The molecule has 1 saturated carbocycles. The second kappa shape index (κ2) is 7.92.